The molecule has 0 atom stereocenters. The summed E-state index contributed by atoms with van der Waals surface area (Å²) < 4.78 is 3.08. The van der Waals surface area contributed by atoms with Crippen LogP contribution < -0.4 is 0 Å². The number of rotatable bonds is 1. The van der Waals surface area contributed by atoms with Crippen molar-refractivity contribution >= 4 is 15.9 Å². The predicted octanol–water partition coefficient (Wildman–Crippen LogP) is 2.34. The first-order valence-electron chi connectivity index (χ1n) is 5.42. The molecule has 2 aromatic rings. The van der Waals surface area contributed by atoms with Crippen LogP contribution in [-0.2, 0) is 6.54 Å². The van der Waals surface area contributed by atoms with Gasteiger partial charge in [0.15, 0.2) is 5.82 Å². The summed E-state index contributed by atoms with van der Waals surface area (Å²) in [7, 11) is 0. The predicted molar refractivity (Wildman–Crippen MR) is 62.0 cm³/mol. The number of hydrogen-bond donors (Lipinski definition) is 0. The Labute approximate surface area is 101 Å². The fourth-order valence-electron chi connectivity index (χ4n) is 2.34. The van der Waals surface area contributed by atoms with Crippen LogP contribution in [0.5, 0.6) is 0 Å². The van der Waals surface area contributed by atoms with Crippen LogP contribution in [0.4, 0.5) is 0 Å². The summed E-state index contributed by atoms with van der Waals surface area (Å²) in [5.74, 6) is 1.65. The van der Waals surface area contributed by atoms with Crippen molar-refractivity contribution < 1.29 is 0 Å². The second-order valence-corrected chi connectivity index (χ2v) is 5.32. The van der Waals surface area contributed by atoms with Crippen LogP contribution in [0.3, 0.4) is 0 Å². The molecule has 4 rings (SSSR count). The fourth-order valence-corrected chi connectivity index (χ4v) is 3.06. The fraction of sp³-hybridized carbons (Fsp3) is 0.364. The molecule has 2 heterocycles. The Bertz CT molecular complexity index is 586. The van der Waals surface area contributed by atoms with Gasteiger partial charge in [-0.3, -0.25) is 0 Å². The van der Waals surface area contributed by atoms with Gasteiger partial charge >= 0.3 is 0 Å². The largest absolute Gasteiger partial charge is 0.221 e. The molecule has 16 heavy (non-hydrogen) atoms. The summed E-state index contributed by atoms with van der Waals surface area (Å²) >= 11 is 3.66. The Morgan fingerprint density at radius 2 is 2.19 bits per heavy atom. The van der Waals surface area contributed by atoms with Crippen LogP contribution in [-0.4, -0.2) is 20.2 Å². The highest BCUT2D eigenvalue weighted by Crippen LogP contribution is 2.46. The molecule has 0 unspecified atom stereocenters. The second-order valence-electron chi connectivity index (χ2n) is 4.47. The average molecular weight is 277 g/mol. The van der Waals surface area contributed by atoms with E-state index < -0.39 is 0 Å². The van der Waals surface area contributed by atoms with E-state index in [1.54, 1.807) is 0 Å². The third-order valence-corrected chi connectivity index (χ3v) is 4.02. The SMILES string of the molecule is Brc1cc2c(cc1C1CC1)-c1nnnn1C2. The zero-order valence-electron chi connectivity index (χ0n) is 8.52. The molecular weight excluding hydrogens is 268 g/mol. The van der Waals surface area contributed by atoms with Gasteiger partial charge in [-0.1, -0.05) is 15.9 Å². The van der Waals surface area contributed by atoms with Crippen LogP contribution in [0.2, 0.25) is 0 Å². The molecule has 1 aliphatic heterocycles. The summed E-state index contributed by atoms with van der Waals surface area (Å²) in [6.45, 7) is 0.793. The maximum Gasteiger partial charge on any atom is 0.182 e. The van der Waals surface area contributed by atoms with Gasteiger partial charge in [-0.15, -0.1) is 5.10 Å². The van der Waals surface area contributed by atoms with Gasteiger partial charge < -0.3 is 0 Å². The van der Waals surface area contributed by atoms with Crippen molar-refractivity contribution in [2.75, 3.05) is 0 Å². The maximum absolute atomic E-state index is 4.08. The first-order valence-corrected chi connectivity index (χ1v) is 6.21. The maximum atomic E-state index is 4.08. The first kappa shape index (κ1) is 8.87. The summed E-state index contributed by atoms with van der Waals surface area (Å²) in [5, 5.41) is 11.8. The number of hydrogen-bond acceptors (Lipinski definition) is 3. The van der Waals surface area contributed by atoms with Gasteiger partial charge in [0, 0.05) is 10.0 Å². The van der Waals surface area contributed by atoms with Crippen molar-refractivity contribution in [2.24, 2.45) is 0 Å². The third kappa shape index (κ3) is 1.12. The van der Waals surface area contributed by atoms with Gasteiger partial charge in [-0.25, -0.2) is 4.68 Å². The first-order chi connectivity index (χ1) is 7.83. The minimum absolute atomic E-state index is 0.740. The molecule has 80 valence electrons. The van der Waals surface area contributed by atoms with Crippen molar-refractivity contribution in [3.05, 3.63) is 27.7 Å². The van der Waals surface area contributed by atoms with Crippen molar-refractivity contribution in [1.82, 2.24) is 20.2 Å². The highest BCUT2D eigenvalue weighted by molar-refractivity contribution is 9.10. The quantitative estimate of drug-likeness (QED) is 0.685. The monoisotopic (exact) mass is 276 g/mol. The smallest absolute Gasteiger partial charge is 0.182 e. The molecule has 1 aromatic heterocycles. The Balaban J connectivity index is 1.95. The molecule has 4 nitrogen and oxygen atoms in total. The normalized spacial score (nSPS) is 17.3. The molecule has 1 fully saturated rings. The summed E-state index contributed by atoms with van der Waals surface area (Å²) in [6.07, 6.45) is 2.62. The summed E-state index contributed by atoms with van der Waals surface area (Å²) in [5.41, 5.74) is 3.90. The number of benzene rings is 1. The van der Waals surface area contributed by atoms with E-state index in [4.69, 9.17) is 0 Å². The van der Waals surface area contributed by atoms with Gasteiger partial charge in [0.1, 0.15) is 0 Å². The molecule has 0 amide bonds. The molecule has 1 aromatic carbocycles. The lowest BCUT2D eigenvalue weighted by Gasteiger charge is -2.05. The van der Waals surface area contributed by atoms with Gasteiger partial charge in [-0.2, -0.15) is 0 Å². The minimum Gasteiger partial charge on any atom is -0.221 e. The lowest BCUT2D eigenvalue weighted by Crippen LogP contribution is -1.95. The van der Waals surface area contributed by atoms with Crippen molar-refractivity contribution in [3.63, 3.8) is 0 Å². The van der Waals surface area contributed by atoms with Gasteiger partial charge in [0.2, 0.25) is 0 Å². The van der Waals surface area contributed by atoms with E-state index in [2.05, 4.69) is 43.6 Å². The second kappa shape index (κ2) is 2.91. The molecule has 1 saturated carbocycles. The molecule has 0 N–H and O–H groups in total. The number of tetrazole rings is 1. The minimum atomic E-state index is 0.740. The lowest BCUT2D eigenvalue weighted by atomic mass is 10.0. The average Bonchev–Trinajstić information content (AvgIpc) is 2.90. The molecule has 0 bridgehead atoms. The number of nitrogens with zero attached hydrogens (tertiary/aromatic N) is 4. The molecule has 1 aliphatic carbocycles. The van der Waals surface area contributed by atoms with E-state index in [1.807, 2.05) is 4.68 Å². The van der Waals surface area contributed by atoms with Gasteiger partial charge in [0.05, 0.1) is 6.54 Å². The van der Waals surface area contributed by atoms with Gasteiger partial charge in [0.25, 0.3) is 0 Å². The van der Waals surface area contributed by atoms with Crippen molar-refractivity contribution in [3.8, 4) is 11.4 Å². The van der Waals surface area contributed by atoms with Crippen LogP contribution >= 0.6 is 15.9 Å². The van der Waals surface area contributed by atoms with Crippen molar-refractivity contribution in [1.29, 1.82) is 0 Å². The molecular formula is C11H9BrN4. The van der Waals surface area contributed by atoms with E-state index in [0.29, 0.717) is 0 Å². The van der Waals surface area contributed by atoms with Crippen LogP contribution in [0.15, 0.2) is 16.6 Å². The lowest BCUT2D eigenvalue weighted by molar-refractivity contribution is 0.670. The Kier molecular flexibility index (Phi) is 1.61. The topological polar surface area (TPSA) is 43.6 Å². The number of aromatic nitrogens is 4. The zero-order valence-corrected chi connectivity index (χ0v) is 10.1. The van der Waals surface area contributed by atoms with E-state index in [0.717, 1.165) is 18.3 Å². The van der Waals surface area contributed by atoms with Gasteiger partial charge in [-0.05, 0) is 52.4 Å². The van der Waals surface area contributed by atoms with E-state index in [-0.39, 0.29) is 0 Å². The third-order valence-electron chi connectivity index (χ3n) is 3.33. The Morgan fingerprint density at radius 1 is 1.31 bits per heavy atom. The Hall–Kier alpha value is -1.23. The van der Waals surface area contributed by atoms with E-state index >= 15 is 0 Å². The molecule has 0 saturated heterocycles. The summed E-state index contributed by atoms with van der Waals surface area (Å²) in [4.78, 5) is 0. The molecule has 2 aliphatic rings. The van der Waals surface area contributed by atoms with Crippen molar-refractivity contribution in [2.45, 2.75) is 25.3 Å². The highest BCUT2D eigenvalue weighted by Gasteiger charge is 2.29. The van der Waals surface area contributed by atoms with Crippen LogP contribution in [0.1, 0.15) is 29.9 Å². The molecule has 0 radical (unpaired) electrons. The molecule has 0 spiro atoms. The van der Waals surface area contributed by atoms with Crippen LogP contribution in [0, 0.1) is 0 Å². The molecule has 5 heteroatoms. The standard InChI is InChI=1S/C11H9BrN4/c12-10-3-7-5-16-11(13-14-15-16)9(7)4-8(10)6-1-2-6/h3-4,6H,1-2,5H2. The number of fused-ring (bicyclic) bond motifs is 3. The number of halogens is 1. The highest BCUT2D eigenvalue weighted by atomic mass is 79.9. The Morgan fingerprint density at radius 3 is 3.00 bits per heavy atom. The summed E-state index contributed by atoms with van der Waals surface area (Å²) in [6, 6.07) is 4.46. The van der Waals surface area contributed by atoms with E-state index in [1.165, 1.54) is 34.0 Å². The van der Waals surface area contributed by atoms with E-state index in [9.17, 15) is 0 Å². The zero-order chi connectivity index (χ0) is 10.7. The van der Waals surface area contributed by atoms with Crippen LogP contribution in [0.25, 0.3) is 11.4 Å².